The van der Waals surface area contributed by atoms with Crippen LogP contribution >= 0.6 is 0 Å². The maximum absolute atomic E-state index is 12.8. The number of aromatic nitrogens is 4. The Bertz CT molecular complexity index is 1440. The van der Waals surface area contributed by atoms with E-state index < -0.39 is 17.7 Å². The van der Waals surface area contributed by atoms with Crippen molar-refractivity contribution in [1.82, 2.24) is 29.8 Å². The molecule has 0 unspecified atom stereocenters. The number of rotatable bonds is 8. The highest BCUT2D eigenvalue weighted by Crippen LogP contribution is 2.25. The minimum Gasteiger partial charge on any atom is -0.497 e. The molecular formula is C27H33N7O4. The molecule has 0 aliphatic heterocycles. The molecule has 4 rings (SSSR count). The van der Waals surface area contributed by atoms with Crippen LogP contribution in [0.1, 0.15) is 27.7 Å². The number of anilines is 1. The second kappa shape index (κ2) is 10.9. The first-order valence-electron chi connectivity index (χ1n) is 12.3. The van der Waals surface area contributed by atoms with E-state index in [9.17, 15) is 9.59 Å². The summed E-state index contributed by atoms with van der Waals surface area (Å²) < 4.78 is 12.2. The van der Waals surface area contributed by atoms with Crippen molar-refractivity contribution >= 4 is 34.5 Å². The monoisotopic (exact) mass is 519 g/mol. The van der Waals surface area contributed by atoms with Crippen molar-refractivity contribution in [2.24, 2.45) is 0 Å². The summed E-state index contributed by atoms with van der Waals surface area (Å²) in [6, 6.07) is 14.5. The van der Waals surface area contributed by atoms with Gasteiger partial charge in [-0.15, -0.1) is 5.10 Å². The van der Waals surface area contributed by atoms with Gasteiger partial charge < -0.3 is 25.0 Å². The van der Waals surface area contributed by atoms with E-state index in [2.05, 4.69) is 15.7 Å². The van der Waals surface area contributed by atoms with Gasteiger partial charge in [0.25, 0.3) is 0 Å². The van der Waals surface area contributed by atoms with Crippen molar-refractivity contribution in [1.29, 1.82) is 0 Å². The number of carbonyl (C=O) groups is 2. The second-order valence-corrected chi connectivity index (χ2v) is 9.91. The summed E-state index contributed by atoms with van der Waals surface area (Å²) >= 11 is 0. The van der Waals surface area contributed by atoms with Crippen LogP contribution in [0, 0.1) is 0 Å². The summed E-state index contributed by atoms with van der Waals surface area (Å²) in [4.78, 5) is 35.8. The number of para-hydroxylation sites is 1. The molecule has 2 N–H and O–H groups in total. The number of amides is 2. The number of carbonyl (C=O) groups excluding carboxylic acids is 2. The lowest BCUT2D eigenvalue weighted by Gasteiger charge is -2.24. The van der Waals surface area contributed by atoms with Gasteiger partial charge in [0.05, 0.1) is 12.6 Å². The lowest BCUT2D eigenvalue weighted by atomic mass is 10.2. The van der Waals surface area contributed by atoms with Crippen molar-refractivity contribution in [2.45, 2.75) is 39.3 Å². The number of benzene rings is 2. The molecule has 0 fully saturated rings. The van der Waals surface area contributed by atoms with Gasteiger partial charge in [0.15, 0.2) is 11.5 Å². The molecule has 4 aromatic rings. The second-order valence-electron chi connectivity index (χ2n) is 9.91. The largest absolute Gasteiger partial charge is 0.497 e. The van der Waals surface area contributed by atoms with Crippen LogP contribution < -0.4 is 15.4 Å². The summed E-state index contributed by atoms with van der Waals surface area (Å²) in [6.07, 6.45) is -0.445. The Kier molecular flexibility index (Phi) is 7.65. The van der Waals surface area contributed by atoms with E-state index in [4.69, 9.17) is 19.4 Å². The van der Waals surface area contributed by atoms with Gasteiger partial charge in [-0.05, 0) is 64.1 Å². The molecule has 0 aliphatic carbocycles. The minimum absolute atomic E-state index is 0.249. The predicted molar refractivity (Wildman–Crippen MR) is 145 cm³/mol. The van der Waals surface area contributed by atoms with Gasteiger partial charge in [-0.3, -0.25) is 4.79 Å². The highest BCUT2D eigenvalue weighted by atomic mass is 16.6. The summed E-state index contributed by atoms with van der Waals surface area (Å²) in [5.41, 5.74) is 1.59. The van der Waals surface area contributed by atoms with Gasteiger partial charge >= 0.3 is 6.09 Å². The van der Waals surface area contributed by atoms with Crippen LogP contribution in [0.2, 0.25) is 0 Å². The van der Waals surface area contributed by atoms with E-state index >= 15 is 0 Å². The predicted octanol–water partition coefficient (Wildman–Crippen LogP) is 3.74. The maximum atomic E-state index is 12.8. The van der Waals surface area contributed by atoms with Gasteiger partial charge in [-0.1, -0.05) is 12.1 Å². The molecule has 0 radical (unpaired) electrons. The quantitative estimate of drug-likeness (QED) is 0.361. The first-order valence-corrected chi connectivity index (χ1v) is 12.3. The summed E-state index contributed by atoms with van der Waals surface area (Å²) in [5, 5.41) is 11.5. The molecule has 2 heterocycles. The van der Waals surface area contributed by atoms with E-state index in [0.29, 0.717) is 24.0 Å². The number of methoxy groups -OCH3 is 1. The zero-order valence-electron chi connectivity index (χ0n) is 22.5. The maximum Gasteiger partial charge on any atom is 0.410 e. The van der Waals surface area contributed by atoms with E-state index in [1.807, 2.05) is 48.5 Å². The summed E-state index contributed by atoms with van der Waals surface area (Å²) in [5.74, 6) is 1.40. The Hall–Kier alpha value is -4.41. The average Bonchev–Trinajstić information content (AvgIpc) is 3.34. The molecule has 38 heavy (non-hydrogen) atoms. The Morgan fingerprint density at radius 1 is 1.08 bits per heavy atom. The SMILES string of the molecule is COc1ccc(-c2nc3c4ccccc4nc(N[C@H](C)C(=O)NCCN(C)C(=O)OC(C)(C)C)n3n2)cc1. The van der Waals surface area contributed by atoms with Gasteiger partial charge in [0, 0.05) is 31.1 Å². The van der Waals surface area contributed by atoms with Crippen LogP contribution in [0.3, 0.4) is 0 Å². The molecule has 0 saturated carbocycles. The molecule has 11 nitrogen and oxygen atoms in total. The Morgan fingerprint density at radius 3 is 2.47 bits per heavy atom. The van der Waals surface area contributed by atoms with Gasteiger partial charge in [0.1, 0.15) is 17.4 Å². The number of ether oxygens (including phenoxy) is 2. The van der Waals surface area contributed by atoms with Crippen molar-refractivity contribution in [3.05, 3.63) is 48.5 Å². The first-order chi connectivity index (χ1) is 18.1. The van der Waals surface area contributed by atoms with Crippen molar-refractivity contribution in [2.75, 3.05) is 32.6 Å². The molecule has 1 atom stereocenters. The van der Waals surface area contributed by atoms with Crippen LogP contribution in [-0.2, 0) is 9.53 Å². The molecule has 0 spiro atoms. The molecule has 0 aliphatic rings. The van der Waals surface area contributed by atoms with E-state index in [0.717, 1.165) is 22.2 Å². The zero-order valence-corrected chi connectivity index (χ0v) is 22.5. The first kappa shape index (κ1) is 26.6. The summed E-state index contributed by atoms with van der Waals surface area (Å²) in [6.45, 7) is 7.73. The Morgan fingerprint density at radius 2 is 1.79 bits per heavy atom. The van der Waals surface area contributed by atoms with Crippen LogP contribution in [0.15, 0.2) is 48.5 Å². The van der Waals surface area contributed by atoms with Gasteiger partial charge in [-0.25, -0.2) is 14.8 Å². The number of hydrogen-bond acceptors (Lipinski definition) is 8. The van der Waals surface area contributed by atoms with Crippen LogP contribution in [0.25, 0.3) is 27.9 Å². The van der Waals surface area contributed by atoms with Gasteiger partial charge in [0.2, 0.25) is 11.9 Å². The van der Waals surface area contributed by atoms with Gasteiger partial charge in [-0.2, -0.15) is 4.52 Å². The molecule has 0 bridgehead atoms. The zero-order chi connectivity index (χ0) is 27.4. The Labute approximate surface area is 221 Å². The highest BCUT2D eigenvalue weighted by Gasteiger charge is 2.21. The van der Waals surface area contributed by atoms with Crippen LogP contribution in [-0.4, -0.2) is 75.4 Å². The number of likely N-dealkylation sites (N-methyl/N-ethyl adjacent to an activating group) is 1. The molecule has 2 aromatic carbocycles. The average molecular weight is 520 g/mol. The lowest BCUT2D eigenvalue weighted by molar-refractivity contribution is -0.121. The van der Waals surface area contributed by atoms with E-state index in [-0.39, 0.29) is 12.5 Å². The van der Waals surface area contributed by atoms with Crippen LogP contribution in [0.4, 0.5) is 10.7 Å². The molecule has 11 heteroatoms. The third kappa shape index (κ3) is 6.10. The smallest absolute Gasteiger partial charge is 0.410 e. The molecule has 2 aromatic heterocycles. The fraction of sp³-hybridized carbons (Fsp3) is 0.370. The standard InChI is InChI=1S/C27H33N7O4/c1-17(24(35)28-15-16-33(5)26(36)38-27(2,3)4)29-25-30-21-10-8-7-9-20(21)23-31-22(32-34(23)25)18-11-13-19(37-6)14-12-18/h7-14,17H,15-16H2,1-6H3,(H,28,35)(H,29,30)/t17-/m1/s1. The number of nitrogens with zero attached hydrogens (tertiary/aromatic N) is 5. The lowest BCUT2D eigenvalue weighted by Crippen LogP contribution is -2.43. The summed E-state index contributed by atoms with van der Waals surface area (Å²) in [7, 11) is 3.24. The Balaban J connectivity index is 1.51. The highest BCUT2D eigenvalue weighted by molar-refractivity contribution is 5.93. The fourth-order valence-corrected chi connectivity index (χ4v) is 3.70. The number of nitrogens with one attached hydrogen (secondary N) is 2. The molecule has 2 amide bonds. The third-order valence-corrected chi connectivity index (χ3v) is 5.72. The van der Waals surface area contributed by atoms with Crippen molar-refractivity contribution in [3.8, 4) is 17.1 Å². The molecule has 0 saturated heterocycles. The number of hydrogen-bond donors (Lipinski definition) is 2. The third-order valence-electron chi connectivity index (χ3n) is 5.72. The normalized spacial score (nSPS) is 12.3. The van der Waals surface area contributed by atoms with E-state index in [1.54, 1.807) is 46.4 Å². The fourth-order valence-electron chi connectivity index (χ4n) is 3.70. The molecular weight excluding hydrogens is 486 g/mol. The van der Waals surface area contributed by atoms with Crippen molar-refractivity contribution in [3.63, 3.8) is 0 Å². The van der Waals surface area contributed by atoms with E-state index in [1.165, 1.54) is 4.90 Å². The van der Waals surface area contributed by atoms with Crippen LogP contribution in [0.5, 0.6) is 5.75 Å². The topological polar surface area (TPSA) is 123 Å². The number of fused-ring (bicyclic) bond motifs is 3. The minimum atomic E-state index is -0.632. The molecule has 200 valence electrons. The van der Waals surface area contributed by atoms with Crippen molar-refractivity contribution < 1.29 is 19.1 Å².